The molecule has 7 nitrogen and oxygen atoms in total. The lowest BCUT2D eigenvalue weighted by atomic mass is 9.81. The molecule has 0 radical (unpaired) electrons. The number of carbonyl (C=O) groups is 3. The number of ketones is 3. The number of Topliss-reactive ketones (excluding diaryl/α,β-unsaturated/α-hetero) is 2. The zero-order valence-electron chi connectivity index (χ0n) is 18.3. The van der Waals surface area contributed by atoms with Crippen LogP contribution in [0.2, 0.25) is 0 Å². The quantitative estimate of drug-likeness (QED) is 0.733. The molecule has 3 aliphatic rings. The van der Waals surface area contributed by atoms with E-state index >= 15 is 0 Å². The summed E-state index contributed by atoms with van der Waals surface area (Å²) in [7, 11) is 7.86. The van der Waals surface area contributed by atoms with Crippen LogP contribution in [0.1, 0.15) is 32.8 Å². The summed E-state index contributed by atoms with van der Waals surface area (Å²) in [6.45, 7) is 1.53. The van der Waals surface area contributed by atoms with E-state index in [-0.39, 0.29) is 28.5 Å². The summed E-state index contributed by atoms with van der Waals surface area (Å²) in [6.07, 6.45) is 9.43. The second-order valence-corrected chi connectivity index (χ2v) is 8.54. The van der Waals surface area contributed by atoms with Crippen LogP contribution >= 0.6 is 0 Å². The lowest BCUT2D eigenvalue weighted by molar-refractivity contribution is -0.111. The number of rotatable bonds is 7. The third-order valence-electron chi connectivity index (χ3n) is 5.72. The smallest absolute Gasteiger partial charge is 0.203 e. The molecule has 0 aromatic carbocycles. The molecule has 1 aromatic rings. The third kappa shape index (κ3) is 3.82. The Morgan fingerprint density at radius 3 is 2.32 bits per heavy atom. The maximum Gasteiger partial charge on any atom is 0.203 e. The highest BCUT2D eigenvalue weighted by Gasteiger charge is 2.36. The molecule has 2 heterocycles. The van der Waals surface area contributed by atoms with Gasteiger partial charge in [-0.2, -0.15) is 0 Å². The van der Waals surface area contributed by atoms with Crippen molar-refractivity contribution in [1.29, 1.82) is 0 Å². The minimum Gasteiger partial charge on any atom is -0.358 e. The number of aliphatic imine (C=N–C) groups is 1. The van der Waals surface area contributed by atoms with Crippen molar-refractivity contribution in [2.75, 3.05) is 41.3 Å². The van der Waals surface area contributed by atoms with E-state index in [9.17, 15) is 14.4 Å². The number of nitrogens with one attached hydrogen (secondary N) is 1. The summed E-state index contributed by atoms with van der Waals surface area (Å²) < 4.78 is 0. The Morgan fingerprint density at radius 1 is 0.903 bits per heavy atom. The number of aromatic amines is 1. The van der Waals surface area contributed by atoms with Crippen LogP contribution in [0.4, 0.5) is 0 Å². The standard InChI is InChI=1S/C24H26N4O3/c1-27(2)9-7-14-12-25-18-6-5-16(23(30)20(14)18)17-11-19(29)22-21(24(17)31)15(13-26-22)8-10-28(3)4/h5-6,11-13,26H,7-10H2,1-4H3. The van der Waals surface area contributed by atoms with Crippen LogP contribution in [-0.4, -0.2) is 79.6 Å². The van der Waals surface area contributed by atoms with Crippen LogP contribution < -0.4 is 0 Å². The monoisotopic (exact) mass is 418 g/mol. The van der Waals surface area contributed by atoms with E-state index < -0.39 is 0 Å². The van der Waals surface area contributed by atoms with Crippen LogP contribution in [0, 0.1) is 0 Å². The second-order valence-electron chi connectivity index (χ2n) is 8.54. The maximum atomic E-state index is 13.4. The topological polar surface area (TPSA) is 85.8 Å². The van der Waals surface area contributed by atoms with Crippen LogP contribution in [0.5, 0.6) is 0 Å². The number of allylic oxidation sites excluding steroid dienone is 6. The zero-order chi connectivity index (χ0) is 22.3. The molecule has 0 amide bonds. The van der Waals surface area contributed by atoms with E-state index in [1.807, 2.05) is 38.0 Å². The number of hydrogen-bond donors (Lipinski definition) is 1. The van der Waals surface area contributed by atoms with Gasteiger partial charge in [0.2, 0.25) is 5.78 Å². The third-order valence-corrected chi connectivity index (χ3v) is 5.72. The Bertz CT molecular complexity index is 1140. The van der Waals surface area contributed by atoms with Crippen molar-refractivity contribution in [2.24, 2.45) is 4.99 Å². The average Bonchev–Trinajstić information content (AvgIpc) is 3.33. The Labute approximate surface area is 181 Å². The molecule has 7 heteroatoms. The van der Waals surface area contributed by atoms with Gasteiger partial charge in [0.25, 0.3) is 0 Å². The van der Waals surface area contributed by atoms with E-state index in [0.717, 1.165) is 24.2 Å². The van der Waals surface area contributed by atoms with Crippen molar-refractivity contribution in [3.63, 3.8) is 0 Å². The SMILES string of the molecule is CN(C)CCC1=C2C(=O)C(C3=CC(=O)c4[nH]cc(CCN(C)C)c4C3=O)=CC=C2N=C1. The molecular weight excluding hydrogens is 392 g/mol. The molecule has 0 saturated carbocycles. The van der Waals surface area contributed by atoms with Gasteiger partial charge < -0.3 is 14.8 Å². The number of H-pyrrole nitrogens is 1. The van der Waals surface area contributed by atoms with Crippen LogP contribution in [0.25, 0.3) is 0 Å². The predicted molar refractivity (Wildman–Crippen MR) is 120 cm³/mol. The number of nitrogens with zero attached hydrogens (tertiary/aromatic N) is 3. The molecule has 31 heavy (non-hydrogen) atoms. The first-order valence-electron chi connectivity index (χ1n) is 10.3. The summed E-state index contributed by atoms with van der Waals surface area (Å²) in [6, 6.07) is 0. The zero-order valence-corrected chi connectivity index (χ0v) is 18.3. The Morgan fingerprint density at radius 2 is 1.61 bits per heavy atom. The minimum atomic E-state index is -0.284. The lowest BCUT2D eigenvalue weighted by Gasteiger charge is -2.19. The predicted octanol–water partition coefficient (Wildman–Crippen LogP) is 2.15. The summed E-state index contributed by atoms with van der Waals surface area (Å²) in [4.78, 5) is 50.9. The molecule has 2 aliphatic carbocycles. The van der Waals surface area contributed by atoms with E-state index in [1.165, 1.54) is 6.08 Å². The van der Waals surface area contributed by atoms with Gasteiger partial charge in [0.1, 0.15) is 0 Å². The maximum absolute atomic E-state index is 13.4. The van der Waals surface area contributed by atoms with Crippen molar-refractivity contribution >= 4 is 23.6 Å². The second kappa shape index (κ2) is 8.17. The molecular formula is C24H26N4O3. The fraction of sp³-hybridized carbons (Fsp3) is 0.333. The minimum absolute atomic E-state index is 0.162. The van der Waals surface area contributed by atoms with Crippen LogP contribution in [0.15, 0.2) is 57.4 Å². The fourth-order valence-electron chi connectivity index (χ4n) is 4.01. The largest absolute Gasteiger partial charge is 0.358 e. The number of hydrogen-bond acceptors (Lipinski definition) is 6. The summed E-state index contributed by atoms with van der Waals surface area (Å²) in [5, 5.41) is 0. The normalized spacial score (nSPS) is 18.0. The highest BCUT2D eigenvalue weighted by molar-refractivity contribution is 6.32. The van der Waals surface area contributed by atoms with Gasteiger partial charge in [-0.15, -0.1) is 0 Å². The summed E-state index contributed by atoms with van der Waals surface area (Å²) in [5.41, 5.74) is 3.92. The van der Waals surface area contributed by atoms with Crippen LogP contribution in [0.3, 0.4) is 0 Å². The van der Waals surface area contributed by atoms with Gasteiger partial charge in [0.15, 0.2) is 11.6 Å². The summed E-state index contributed by atoms with van der Waals surface area (Å²) >= 11 is 0. The highest BCUT2D eigenvalue weighted by Crippen LogP contribution is 2.36. The van der Waals surface area contributed by atoms with E-state index in [4.69, 9.17) is 0 Å². The molecule has 4 rings (SSSR count). The lowest BCUT2D eigenvalue weighted by Crippen LogP contribution is -2.24. The molecule has 1 aromatic heterocycles. The first kappa shape index (κ1) is 21.1. The molecule has 0 saturated heterocycles. The van der Waals surface area contributed by atoms with Crippen molar-refractivity contribution < 1.29 is 14.4 Å². The van der Waals surface area contributed by atoms with Crippen molar-refractivity contribution in [2.45, 2.75) is 12.8 Å². The Balaban J connectivity index is 1.68. The van der Waals surface area contributed by atoms with Crippen molar-refractivity contribution in [3.05, 3.63) is 69.2 Å². The number of fused-ring (bicyclic) bond motifs is 2. The first-order chi connectivity index (χ1) is 14.8. The molecule has 0 bridgehead atoms. The molecule has 1 aliphatic heterocycles. The van der Waals surface area contributed by atoms with Crippen molar-refractivity contribution in [3.8, 4) is 0 Å². The molecule has 0 unspecified atom stereocenters. The van der Waals surface area contributed by atoms with Gasteiger partial charge in [-0.3, -0.25) is 19.4 Å². The van der Waals surface area contributed by atoms with E-state index in [0.29, 0.717) is 35.4 Å². The fourth-order valence-corrected chi connectivity index (χ4v) is 4.01. The molecule has 1 N–H and O–H groups in total. The molecule has 0 atom stereocenters. The molecule has 0 fully saturated rings. The van der Waals surface area contributed by atoms with E-state index in [2.05, 4.69) is 9.98 Å². The van der Waals surface area contributed by atoms with E-state index in [1.54, 1.807) is 24.6 Å². The number of aromatic nitrogens is 1. The highest BCUT2D eigenvalue weighted by atomic mass is 16.1. The van der Waals surface area contributed by atoms with Gasteiger partial charge in [0, 0.05) is 36.6 Å². The van der Waals surface area contributed by atoms with Crippen LogP contribution in [-0.2, 0) is 11.2 Å². The van der Waals surface area contributed by atoms with Gasteiger partial charge >= 0.3 is 0 Å². The van der Waals surface area contributed by atoms with Gasteiger partial charge in [-0.1, -0.05) is 0 Å². The van der Waals surface area contributed by atoms with Gasteiger partial charge in [-0.05, 0) is 70.4 Å². The molecule has 160 valence electrons. The van der Waals surface area contributed by atoms with Crippen molar-refractivity contribution in [1.82, 2.24) is 14.8 Å². The Hall–Kier alpha value is -3.16. The first-order valence-corrected chi connectivity index (χ1v) is 10.3. The molecule has 0 spiro atoms. The van der Waals surface area contributed by atoms with Gasteiger partial charge in [-0.25, -0.2) is 0 Å². The Kier molecular flexibility index (Phi) is 5.56. The number of carbonyl (C=O) groups excluding carboxylic acids is 3. The summed E-state index contributed by atoms with van der Waals surface area (Å²) in [5.74, 6) is -0.811. The number of likely N-dealkylation sites (N-methyl/N-ethyl adjacent to an activating group) is 1. The average molecular weight is 418 g/mol. The van der Waals surface area contributed by atoms with Gasteiger partial charge in [0.05, 0.1) is 22.5 Å².